The molecule has 0 atom stereocenters. The van der Waals surface area contributed by atoms with Gasteiger partial charge < -0.3 is 5.32 Å². The van der Waals surface area contributed by atoms with Crippen LogP contribution in [-0.2, 0) is 10.5 Å². The lowest BCUT2D eigenvalue weighted by Crippen LogP contribution is -2.27. The minimum atomic E-state index is 0.000431. The minimum absolute atomic E-state index is 0.000431. The van der Waals surface area contributed by atoms with Gasteiger partial charge in [0.1, 0.15) is 0 Å². The zero-order valence-electron chi connectivity index (χ0n) is 14.1. The number of nitrogens with one attached hydrogen (secondary N) is 1. The second-order valence-corrected chi connectivity index (χ2v) is 8.60. The summed E-state index contributed by atoms with van der Waals surface area (Å²) >= 11 is 10.6. The molecule has 1 N–H and O–H groups in total. The molecule has 3 aromatic rings. The van der Waals surface area contributed by atoms with Gasteiger partial charge >= 0.3 is 0 Å². The van der Waals surface area contributed by atoms with Crippen molar-refractivity contribution in [1.82, 2.24) is 15.2 Å². The average Bonchev–Trinajstić information content (AvgIpc) is 3.25. The van der Waals surface area contributed by atoms with Crippen LogP contribution in [0.15, 0.2) is 34.0 Å². The zero-order valence-corrected chi connectivity index (χ0v) is 17.3. The molecule has 10 heteroatoms. The Morgan fingerprint density at radius 2 is 2.15 bits per heavy atom. The number of carbonyl (C=O) groups is 1. The lowest BCUT2D eigenvalue weighted by atomic mass is 10.3. The third kappa shape index (κ3) is 4.73. The molecule has 136 valence electrons. The van der Waals surface area contributed by atoms with Gasteiger partial charge in [-0.2, -0.15) is 0 Å². The maximum atomic E-state index is 11.6. The summed E-state index contributed by atoms with van der Waals surface area (Å²) in [5.74, 6) is 0.674. The summed E-state index contributed by atoms with van der Waals surface area (Å²) in [6.45, 7) is 4.10. The number of thiazole rings is 1. The molecule has 0 fully saturated rings. The summed E-state index contributed by atoms with van der Waals surface area (Å²) in [6.07, 6.45) is 0. The first kappa shape index (κ1) is 19.1. The van der Waals surface area contributed by atoms with Crippen LogP contribution in [0.1, 0.15) is 19.5 Å². The highest BCUT2D eigenvalue weighted by atomic mass is 35.5. The van der Waals surface area contributed by atoms with Crippen LogP contribution in [-0.4, -0.2) is 27.6 Å². The van der Waals surface area contributed by atoms with Crippen LogP contribution in [0, 0.1) is 0 Å². The fourth-order valence-electron chi connectivity index (χ4n) is 2.11. The topological polar surface area (TPSA) is 71.0 Å². The largest absolute Gasteiger partial charge is 0.329 e. The number of thioether (sulfide) groups is 1. The van der Waals surface area contributed by atoms with E-state index in [4.69, 9.17) is 11.6 Å². The van der Waals surface area contributed by atoms with Crippen LogP contribution in [0.5, 0.6) is 0 Å². The monoisotopic (exact) mass is 425 g/mol. The molecule has 0 aliphatic carbocycles. The molecular weight excluding hydrogens is 410 g/mol. The van der Waals surface area contributed by atoms with Gasteiger partial charge in [-0.05, 0) is 19.1 Å². The summed E-state index contributed by atoms with van der Waals surface area (Å²) in [5.41, 5.74) is 1.72. The molecule has 2 aromatic heterocycles. The molecule has 3 rings (SSSR count). The van der Waals surface area contributed by atoms with Crippen molar-refractivity contribution in [3.63, 3.8) is 0 Å². The lowest BCUT2D eigenvalue weighted by Gasteiger charge is -2.14. The van der Waals surface area contributed by atoms with Gasteiger partial charge in [0, 0.05) is 24.6 Å². The van der Waals surface area contributed by atoms with Crippen LogP contribution < -0.4 is 10.2 Å². The Morgan fingerprint density at radius 1 is 1.35 bits per heavy atom. The van der Waals surface area contributed by atoms with Crippen molar-refractivity contribution in [3.8, 4) is 0 Å². The Balaban J connectivity index is 1.59. The van der Waals surface area contributed by atoms with E-state index in [1.807, 2.05) is 36.6 Å². The van der Waals surface area contributed by atoms with Gasteiger partial charge in [0.25, 0.3) is 0 Å². The number of para-hydroxylation sites is 1. The van der Waals surface area contributed by atoms with E-state index in [9.17, 15) is 4.79 Å². The van der Waals surface area contributed by atoms with Gasteiger partial charge in [-0.25, -0.2) is 4.98 Å². The zero-order chi connectivity index (χ0) is 18.5. The number of rotatable bonds is 7. The molecule has 6 nitrogen and oxygen atoms in total. The molecule has 0 saturated heterocycles. The molecule has 1 aromatic carbocycles. The summed E-state index contributed by atoms with van der Waals surface area (Å²) in [6, 6.07) is 7.50. The number of hydrogen-bond donors (Lipinski definition) is 1. The van der Waals surface area contributed by atoms with E-state index in [2.05, 4.69) is 20.5 Å². The number of nitrogens with zero attached hydrogens (tertiary/aromatic N) is 4. The first-order valence-electron chi connectivity index (χ1n) is 7.77. The fraction of sp³-hybridized carbons (Fsp3) is 0.250. The number of aromatic nitrogens is 3. The van der Waals surface area contributed by atoms with Crippen LogP contribution in [0.2, 0.25) is 5.02 Å². The SMILES string of the molecule is CCN(C(C)=O)c1nc(CSc2nnc(Nc3ccccc3Cl)s2)cs1. The molecule has 0 aliphatic heterocycles. The Hall–Kier alpha value is -1.68. The predicted octanol–water partition coefficient (Wildman–Crippen LogP) is 5.06. The molecule has 1 amide bonds. The van der Waals surface area contributed by atoms with Gasteiger partial charge in [-0.1, -0.05) is 46.8 Å². The average molecular weight is 426 g/mol. The number of benzene rings is 1. The summed E-state index contributed by atoms with van der Waals surface area (Å²) in [5, 5.41) is 15.5. The molecular formula is C16H16ClN5OS3. The smallest absolute Gasteiger partial charge is 0.225 e. The van der Waals surface area contributed by atoms with Crippen molar-refractivity contribution >= 4 is 67.9 Å². The fourth-order valence-corrected chi connectivity index (χ4v) is 4.99. The third-order valence-electron chi connectivity index (χ3n) is 3.33. The molecule has 2 heterocycles. The molecule has 0 saturated carbocycles. The van der Waals surface area contributed by atoms with Gasteiger partial charge in [0.05, 0.1) is 16.4 Å². The standard InChI is InChI=1S/C16H16ClN5OS3/c1-3-22(10(2)23)15-18-11(8-24-15)9-25-16-21-20-14(26-16)19-13-7-5-4-6-12(13)17/h4-8H,3,9H2,1-2H3,(H,19,20). The quantitative estimate of drug-likeness (QED) is 0.533. The van der Waals surface area contributed by atoms with Crippen molar-refractivity contribution < 1.29 is 4.79 Å². The van der Waals surface area contributed by atoms with Gasteiger partial charge in [-0.15, -0.1) is 21.5 Å². The molecule has 0 bridgehead atoms. The summed E-state index contributed by atoms with van der Waals surface area (Å²) < 4.78 is 0.841. The Labute approximate surface area is 168 Å². The Morgan fingerprint density at radius 3 is 2.88 bits per heavy atom. The predicted molar refractivity (Wildman–Crippen MR) is 110 cm³/mol. The van der Waals surface area contributed by atoms with Crippen molar-refractivity contribution in [2.75, 3.05) is 16.8 Å². The van der Waals surface area contributed by atoms with E-state index < -0.39 is 0 Å². The first-order valence-corrected chi connectivity index (χ1v) is 10.8. The van der Waals surface area contributed by atoms with Crippen LogP contribution >= 0.6 is 46.0 Å². The summed E-state index contributed by atoms with van der Waals surface area (Å²) in [4.78, 5) is 17.8. The number of carbonyl (C=O) groups excluding carboxylic acids is 1. The highest BCUT2D eigenvalue weighted by Gasteiger charge is 2.14. The first-order chi connectivity index (χ1) is 12.6. The van der Waals surface area contributed by atoms with E-state index in [-0.39, 0.29) is 5.91 Å². The molecule has 0 spiro atoms. The second-order valence-electron chi connectivity index (χ2n) is 5.15. The number of hydrogen-bond acceptors (Lipinski definition) is 8. The third-order valence-corrected chi connectivity index (χ3v) is 6.58. The van der Waals surface area contributed by atoms with Gasteiger partial charge in [0.15, 0.2) is 9.47 Å². The van der Waals surface area contributed by atoms with E-state index in [1.165, 1.54) is 22.7 Å². The van der Waals surface area contributed by atoms with Crippen LogP contribution in [0.25, 0.3) is 0 Å². The summed E-state index contributed by atoms with van der Waals surface area (Å²) in [7, 11) is 0. The van der Waals surface area contributed by atoms with Crippen molar-refractivity contribution in [2.45, 2.75) is 23.9 Å². The number of amides is 1. The normalized spacial score (nSPS) is 10.7. The number of anilines is 3. The maximum absolute atomic E-state index is 11.6. The van der Waals surface area contributed by atoms with E-state index in [0.717, 1.165) is 20.9 Å². The van der Waals surface area contributed by atoms with Gasteiger partial charge in [0.2, 0.25) is 11.0 Å². The number of halogens is 1. The van der Waals surface area contributed by atoms with E-state index in [1.54, 1.807) is 23.6 Å². The van der Waals surface area contributed by atoms with E-state index in [0.29, 0.717) is 22.5 Å². The van der Waals surface area contributed by atoms with Gasteiger partial charge in [-0.3, -0.25) is 9.69 Å². The molecule has 0 radical (unpaired) electrons. The van der Waals surface area contributed by atoms with Crippen LogP contribution in [0.3, 0.4) is 0 Å². The maximum Gasteiger partial charge on any atom is 0.225 e. The lowest BCUT2D eigenvalue weighted by molar-refractivity contribution is -0.116. The molecule has 0 aliphatic rings. The van der Waals surface area contributed by atoms with Crippen LogP contribution in [0.4, 0.5) is 16.0 Å². The Bertz CT molecular complexity index is 897. The van der Waals surface area contributed by atoms with E-state index >= 15 is 0 Å². The second kappa shape index (κ2) is 8.81. The highest BCUT2D eigenvalue weighted by Crippen LogP contribution is 2.32. The minimum Gasteiger partial charge on any atom is -0.329 e. The highest BCUT2D eigenvalue weighted by molar-refractivity contribution is 8.00. The molecule has 26 heavy (non-hydrogen) atoms. The Kier molecular flexibility index (Phi) is 6.47. The molecule has 0 unspecified atom stereocenters. The van der Waals surface area contributed by atoms with Crippen molar-refractivity contribution in [2.24, 2.45) is 0 Å². The van der Waals surface area contributed by atoms with Crippen molar-refractivity contribution in [3.05, 3.63) is 40.4 Å². The van der Waals surface area contributed by atoms with Crippen molar-refractivity contribution in [1.29, 1.82) is 0 Å².